The quantitative estimate of drug-likeness (QED) is 0.755. The zero-order valence-electron chi connectivity index (χ0n) is 19.0. The zero-order valence-corrected chi connectivity index (χ0v) is 19.0. The second kappa shape index (κ2) is 9.25. The highest BCUT2D eigenvalue weighted by molar-refractivity contribution is 5.83. The Bertz CT molecular complexity index is 1090. The number of carbonyl (C=O) groups is 1. The van der Waals surface area contributed by atoms with Crippen LogP contribution >= 0.6 is 0 Å². The van der Waals surface area contributed by atoms with Gasteiger partial charge in [-0.3, -0.25) is 14.5 Å². The van der Waals surface area contributed by atoms with Crippen molar-refractivity contribution in [1.82, 2.24) is 14.4 Å². The van der Waals surface area contributed by atoms with E-state index in [1.807, 2.05) is 58.9 Å². The number of ether oxygens (including phenoxy) is 1. The Kier molecular flexibility index (Phi) is 6.19. The number of fused-ring (bicyclic) bond motifs is 3. The average Bonchev–Trinajstić information content (AvgIpc) is 3.37. The first-order valence-corrected chi connectivity index (χ1v) is 11.8. The van der Waals surface area contributed by atoms with E-state index >= 15 is 0 Å². The van der Waals surface area contributed by atoms with Crippen molar-refractivity contribution >= 4 is 12.0 Å². The number of nitrogens with zero attached hydrogens (tertiary/aromatic N) is 3. The van der Waals surface area contributed by atoms with Gasteiger partial charge in [0.05, 0.1) is 25.3 Å². The van der Waals surface area contributed by atoms with Gasteiger partial charge in [-0.25, -0.2) is 0 Å². The van der Waals surface area contributed by atoms with Crippen LogP contribution in [-0.4, -0.2) is 64.3 Å². The molecule has 2 aromatic rings. The minimum Gasteiger partial charge on any atom is -0.396 e. The van der Waals surface area contributed by atoms with Gasteiger partial charge in [-0.05, 0) is 24.6 Å². The van der Waals surface area contributed by atoms with Gasteiger partial charge < -0.3 is 19.3 Å². The molecule has 1 amide bonds. The van der Waals surface area contributed by atoms with Crippen LogP contribution in [0.1, 0.15) is 29.8 Å². The number of hydrogen-bond donors (Lipinski definition) is 1. The van der Waals surface area contributed by atoms with Crippen molar-refractivity contribution in [1.29, 1.82) is 0 Å². The molecule has 0 radical (unpaired) electrons. The molecule has 1 N–H and O–H groups in total. The van der Waals surface area contributed by atoms with E-state index in [4.69, 9.17) is 4.74 Å². The fraction of sp³-hybridized carbons (Fsp3) is 0.462. The first-order valence-electron chi connectivity index (χ1n) is 11.8. The predicted octanol–water partition coefficient (Wildman–Crippen LogP) is 1.90. The minimum atomic E-state index is -0.428. The molecule has 2 saturated heterocycles. The Labute approximate surface area is 193 Å². The number of allylic oxidation sites excluding steroid dienone is 1. The average molecular weight is 450 g/mol. The Hall–Kier alpha value is -2.74. The van der Waals surface area contributed by atoms with Crippen LogP contribution in [0.3, 0.4) is 0 Å². The lowest BCUT2D eigenvalue weighted by atomic mass is 9.88. The summed E-state index contributed by atoms with van der Waals surface area (Å²) < 4.78 is 7.30. The summed E-state index contributed by atoms with van der Waals surface area (Å²) >= 11 is 0. The van der Waals surface area contributed by atoms with E-state index in [9.17, 15) is 14.7 Å². The molecule has 174 valence electrons. The molecule has 33 heavy (non-hydrogen) atoms. The molecule has 1 aromatic carbocycles. The molecular formula is C26H31N3O4. The summed E-state index contributed by atoms with van der Waals surface area (Å²) in [7, 11) is 0. The maximum Gasteiger partial charge on any atom is 0.258 e. The van der Waals surface area contributed by atoms with Crippen LogP contribution < -0.4 is 5.56 Å². The molecule has 0 unspecified atom stereocenters. The van der Waals surface area contributed by atoms with Gasteiger partial charge >= 0.3 is 0 Å². The third kappa shape index (κ3) is 3.84. The van der Waals surface area contributed by atoms with Crippen molar-refractivity contribution < 1.29 is 14.6 Å². The third-order valence-electron chi connectivity index (χ3n) is 7.35. The van der Waals surface area contributed by atoms with E-state index in [0.717, 1.165) is 11.3 Å². The minimum absolute atomic E-state index is 0.00209. The summed E-state index contributed by atoms with van der Waals surface area (Å²) in [5, 5.41) is 10.5. The molecule has 1 aromatic heterocycles. The molecule has 0 spiro atoms. The fourth-order valence-corrected chi connectivity index (χ4v) is 5.85. The van der Waals surface area contributed by atoms with Crippen molar-refractivity contribution in [2.24, 2.45) is 11.8 Å². The van der Waals surface area contributed by atoms with Gasteiger partial charge in [0.1, 0.15) is 0 Å². The molecule has 4 heterocycles. The van der Waals surface area contributed by atoms with E-state index in [0.29, 0.717) is 45.0 Å². The van der Waals surface area contributed by atoms with Gasteiger partial charge in [0.15, 0.2) is 0 Å². The molecule has 2 fully saturated rings. The van der Waals surface area contributed by atoms with Crippen LogP contribution in [0.2, 0.25) is 0 Å². The second-order valence-electron chi connectivity index (χ2n) is 9.12. The summed E-state index contributed by atoms with van der Waals surface area (Å²) in [6.07, 6.45) is 3.70. The highest BCUT2D eigenvalue weighted by Crippen LogP contribution is 2.50. The topological polar surface area (TPSA) is 75.0 Å². The van der Waals surface area contributed by atoms with Crippen molar-refractivity contribution in [3.05, 3.63) is 75.7 Å². The number of aliphatic hydroxyl groups excluding tert-OH is 1. The number of benzene rings is 1. The van der Waals surface area contributed by atoms with Crippen molar-refractivity contribution in [2.45, 2.75) is 32.1 Å². The summed E-state index contributed by atoms with van der Waals surface area (Å²) in [5.74, 6) is -0.178. The van der Waals surface area contributed by atoms with E-state index in [1.54, 1.807) is 0 Å². The smallest absolute Gasteiger partial charge is 0.258 e. The number of aliphatic hydroxyl groups is 1. The predicted molar refractivity (Wildman–Crippen MR) is 125 cm³/mol. The molecule has 3 aliphatic heterocycles. The number of hydrogen-bond acceptors (Lipinski definition) is 5. The lowest BCUT2D eigenvalue weighted by molar-refractivity contribution is -0.142. The highest BCUT2D eigenvalue weighted by atomic mass is 16.5. The zero-order chi connectivity index (χ0) is 22.9. The van der Waals surface area contributed by atoms with Gasteiger partial charge in [-0.15, -0.1) is 0 Å². The van der Waals surface area contributed by atoms with Gasteiger partial charge in [0, 0.05) is 55.9 Å². The molecule has 7 heteroatoms. The molecular weight excluding hydrogens is 418 g/mol. The number of morpholine rings is 1. The summed E-state index contributed by atoms with van der Waals surface area (Å²) in [4.78, 5) is 31.0. The number of rotatable bonds is 5. The standard InChI is InChI=1S/C26H31N3O4/c1-2-6-19-9-10-22-23-20(16-28(22)25(19)31)21(17-30)24(26(32)27-11-13-33-14-12-27)29(23)15-18-7-4-3-5-8-18/h2-10,20-21,23-24,30H,11-17H2,1H3/b6-2+/t20-,21-,23+,24-/m1/s1. The van der Waals surface area contributed by atoms with E-state index in [-0.39, 0.29) is 36.0 Å². The number of likely N-dealkylation sites (tertiary alicyclic amines) is 1. The number of aromatic nitrogens is 1. The highest BCUT2D eigenvalue weighted by Gasteiger charge is 2.56. The molecule has 5 rings (SSSR count). The largest absolute Gasteiger partial charge is 0.396 e. The van der Waals surface area contributed by atoms with E-state index in [1.165, 1.54) is 0 Å². The normalized spacial score (nSPS) is 27.2. The number of amides is 1. The molecule has 3 aliphatic rings. The monoisotopic (exact) mass is 449 g/mol. The third-order valence-corrected chi connectivity index (χ3v) is 7.35. The van der Waals surface area contributed by atoms with Crippen LogP contribution in [0.4, 0.5) is 0 Å². The van der Waals surface area contributed by atoms with Crippen molar-refractivity contribution in [3.63, 3.8) is 0 Å². The summed E-state index contributed by atoms with van der Waals surface area (Å²) in [5.41, 5.74) is 2.70. The maximum atomic E-state index is 13.8. The molecule has 4 atom stereocenters. The van der Waals surface area contributed by atoms with E-state index < -0.39 is 6.04 Å². The van der Waals surface area contributed by atoms with Crippen LogP contribution in [0, 0.1) is 11.8 Å². The lowest BCUT2D eigenvalue weighted by Crippen LogP contribution is -2.52. The molecule has 7 nitrogen and oxygen atoms in total. The molecule has 0 bridgehead atoms. The van der Waals surface area contributed by atoms with Gasteiger partial charge in [0.2, 0.25) is 5.91 Å². The maximum absolute atomic E-state index is 13.8. The van der Waals surface area contributed by atoms with Gasteiger partial charge in [0.25, 0.3) is 5.56 Å². The van der Waals surface area contributed by atoms with Crippen molar-refractivity contribution in [2.75, 3.05) is 32.9 Å². The lowest BCUT2D eigenvalue weighted by Gasteiger charge is -2.36. The van der Waals surface area contributed by atoms with Gasteiger partial charge in [-0.2, -0.15) is 0 Å². The van der Waals surface area contributed by atoms with Gasteiger partial charge in [-0.1, -0.05) is 42.5 Å². The van der Waals surface area contributed by atoms with Crippen LogP contribution in [0.5, 0.6) is 0 Å². The molecule has 0 aliphatic carbocycles. The van der Waals surface area contributed by atoms with Crippen molar-refractivity contribution in [3.8, 4) is 0 Å². The first-order chi connectivity index (χ1) is 16.1. The number of pyridine rings is 1. The Balaban J connectivity index is 1.57. The van der Waals surface area contributed by atoms with Crippen LogP contribution in [0.25, 0.3) is 6.08 Å². The van der Waals surface area contributed by atoms with Crippen LogP contribution in [0.15, 0.2) is 53.3 Å². The Morgan fingerprint density at radius 3 is 2.61 bits per heavy atom. The van der Waals surface area contributed by atoms with Crippen LogP contribution in [-0.2, 0) is 22.6 Å². The Morgan fingerprint density at radius 1 is 1.15 bits per heavy atom. The second-order valence-corrected chi connectivity index (χ2v) is 9.12. The van der Waals surface area contributed by atoms with E-state index in [2.05, 4.69) is 17.0 Å². The number of carbonyl (C=O) groups excluding carboxylic acids is 1. The summed E-state index contributed by atoms with van der Waals surface area (Å²) in [6, 6.07) is 13.5. The first kappa shape index (κ1) is 22.1. The SMILES string of the molecule is C/C=C/c1ccc2n(c1=O)C[C@@H]1[C@@H](CO)[C@H](C(=O)N3CCOCC3)N(Cc3ccccc3)[C@H]21. The summed E-state index contributed by atoms with van der Waals surface area (Å²) in [6.45, 7) is 5.15. The Morgan fingerprint density at radius 2 is 1.91 bits per heavy atom. The fourth-order valence-electron chi connectivity index (χ4n) is 5.85. The molecule has 0 saturated carbocycles.